The number of rotatable bonds is 14. The maximum Gasteiger partial charge on any atom is 0.247 e. The molecule has 4 rings (SSSR count). The molecule has 1 aliphatic rings. The molecule has 1 aliphatic heterocycles. The molecule has 1 amide bonds. The predicted molar refractivity (Wildman–Crippen MR) is 183 cm³/mol. The van der Waals surface area contributed by atoms with Crippen LogP contribution in [-0.2, 0) is 19.6 Å². The van der Waals surface area contributed by atoms with Gasteiger partial charge in [0.05, 0.1) is 43.1 Å². The SMILES string of the molecule is C=CC(=O)Nc1cc(Nc2ncc(C3=CCOCC3)c(Nc3ccccc3S(=O)(=O)N(C)C)n2)c(OC)cc1N(C)CCN(C)C. The van der Waals surface area contributed by atoms with Gasteiger partial charge in [-0.3, -0.25) is 4.79 Å². The topological polar surface area (TPSA) is 141 Å². The van der Waals surface area contributed by atoms with Crippen molar-refractivity contribution in [1.82, 2.24) is 19.2 Å². The lowest BCUT2D eigenvalue weighted by atomic mass is 10.0. The summed E-state index contributed by atoms with van der Waals surface area (Å²) >= 11 is 0. The van der Waals surface area contributed by atoms with Crippen LogP contribution < -0.4 is 25.6 Å². The van der Waals surface area contributed by atoms with Gasteiger partial charge in [-0.05, 0) is 50.4 Å². The Bertz CT molecular complexity index is 1710. The van der Waals surface area contributed by atoms with Crippen molar-refractivity contribution in [1.29, 1.82) is 0 Å². The van der Waals surface area contributed by atoms with Gasteiger partial charge in [-0.15, -0.1) is 0 Å². The van der Waals surface area contributed by atoms with E-state index < -0.39 is 10.0 Å². The average Bonchev–Trinajstić information content (AvgIpc) is 3.04. The first-order chi connectivity index (χ1) is 21.9. The molecular formula is C32H42N8O5S. The lowest BCUT2D eigenvalue weighted by Crippen LogP contribution is -2.29. The fourth-order valence-corrected chi connectivity index (χ4v) is 5.73. The smallest absolute Gasteiger partial charge is 0.247 e. The molecule has 0 saturated heterocycles. The zero-order valence-corrected chi connectivity index (χ0v) is 27.9. The summed E-state index contributed by atoms with van der Waals surface area (Å²) in [7, 11) is 6.70. The number of para-hydroxylation sites is 1. The Balaban J connectivity index is 1.78. The first-order valence-corrected chi connectivity index (χ1v) is 16.1. The van der Waals surface area contributed by atoms with Crippen molar-refractivity contribution in [3.8, 4) is 5.75 Å². The second kappa shape index (κ2) is 15.2. The number of amides is 1. The third-order valence-corrected chi connectivity index (χ3v) is 9.17. The number of methoxy groups -OCH3 is 1. The number of anilines is 6. The van der Waals surface area contributed by atoms with E-state index in [1.165, 1.54) is 24.5 Å². The number of hydrogen-bond donors (Lipinski definition) is 3. The van der Waals surface area contributed by atoms with Crippen LogP contribution in [0.1, 0.15) is 12.0 Å². The molecule has 0 fully saturated rings. The zero-order valence-electron chi connectivity index (χ0n) is 27.1. The molecule has 0 atom stereocenters. The van der Waals surface area contributed by atoms with E-state index in [2.05, 4.69) is 32.4 Å². The van der Waals surface area contributed by atoms with E-state index in [-0.39, 0.29) is 16.8 Å². The molecule has 0 aliphatic carbocycles. The van der Waals surface area contributed by atoms with Crippen LogP contribution in [-0.4, -0.2) is 102 Å². The molecule has 0 spiro atoms. The standard InChI is InChI=1S/C32H42N8O5S/c1-8-30(41)34-25-19-26(28(44-7)20-27(25)40(6)16-15-38(2)3)36-32-33-21-23(22-13-17-45-18-14-22)31(37-32)35-24-11-9-10-12-29(24)46(42,43)39(4)5/h8-13,19-21H,1,14-18H2,2-7H3,(H,34,41)(H2,33,35,36,37). The van der Waals surface area contributed by atoms with Gasteiger partial charge in [-0.2, -0.15) is 4.98 Å². The second-order valence-corrected chi connectivity index (χ2v) is 13.2. The average molecular weight is 651 g/mol. The molecule has 2 heterocycles. The van der Waals surface area contributed by atoms with Crippen molar-refractivity contribution in [3.05, 3.63) is 66.9 Å². The van der Waals surface area contributed by atoms with Crippen molar-refractivity contribution in [2.45, 2.75) is 11.3 Å². The summed E-state index contributed by atoms with van der Waals surface area (Å²) in [6.07, 6.45) is 5.51. The molecule has 13 nitrogen and oxygen atoms in total. The second-order valence-electron chi connectivity index (χ2n) is 11.0. The molecule has 2 aromatic carbocycles. The third kappa shape index (κ3) is 8.20. The van der Waals surface area contributed by atoms with Gasteiger partial charge in [0.25, 0.3) is 0 Å². The van der Waals surface area contributed by atoms with E-state index in [9.17, 15) is 13.2 Å². The monoisotopic (exact) mass is 650 g/mol. The van der Waals surface area contributed by atoms with Gasteiger partial charge in [-0.1, -0.05) is 24.8 Å². The van der Waals surface area contributed by atoms with Crippen LogP contribution in [0.3, 0.4) is 0 Å². The third-order valence-electron chi connectivity index (χ3n) is 7.30. The highest BCUT2D eigenvalue weighted by atomic mass is 32.2. The van der Waals surface area contributed by atoms with Crippen molar-refractivity contribution in [3.63, 3.8) is 0 Å². The van der Waals surface area contributed by atoms with Gasteiger partial charge in [0, 0.05) is 52.1 Å². The highest BCUT2D eigenvalue weighted by molar-refractivity contribution is 7.89. The van der Waals surface area contributed by atoms with Gasteiger partial charge in [0.15, 0.2) is 0 Å². The first kappa shape index (κ1) is 34.4. The molecule has 46 heavy (non-hydrogen) atoms. The maximum atomic E-state index is 13.1. The van der Waals surface area contributed by atoms with Gasteiger partial charge < -0.3 is 35.2 Å². The van der Waals surface area contributed by atoms with E-state index in [1.54, 1.807) is 43.6 Å². The molecule has 0 bridgehead atoms. The van der Waals surface area contributed by atoms with Gasteiger partial charge in [0.2, 0.25) is 21.9 Å². The number of ether oxygens (including phenoxy) is 2. The van der Waals surface area contributed by atoms with Gasteiger partial charge in [0.1, 0.15) is 16.5 Å². The molecule has 3 N–H and O–H groups in total. The minimum absolute atomic E-state index is 0.110. The quantitative estimate of drug-likeness (QED) is 0.217. The number of hydrogen-bond acceptors (Lipinski definition) is 11. The maximum absolute atomic E-state index is 13.1. The van der Waals surface area contributed by atoms with E-state index in [1.807, 2.05) is 38.2 Å². The highest BCUT2D eigenvalue weighted by Gasteiger charge is 2.23. The lowest BCUT2D eigenvalue weighted by molar-refractivity contribution is -0.111. The summed E-state index contributed by atoms with van der Waals surface area (Å²) in [6.45, 7) is 6.08. The Morgan fingerprint density at radius 3 is 2.48 bits per heavy atom. The molecule has 0 saturated carbocycles. The van der Waals surface area contributed by atoms with Crippen LogP contribution in [0.5, 0.6) is 5.75 Å². The van der Waals surface area contributed by atoms with Crippen LogP contribution in [0.2, 0.25) is 0 Å². The first-order valence-electron chi connectivity index (χ1n) is 14.7. The van der Waals surface area contributed by atoms with Crippen molar-refractivity contribution >= 4 is 56.0 Å². The number of benzene rings is 2. The van der Waals surface area contributed by atoms with E-state index >= 15 is 0 Å². The number of aromatic nitrogens is 2. The number of carbonyl (C=O) groups is 1. The Hall–Kier alpha value is -4.50. The van der Waals surface area contributed by atoms with Gasteiger partial charge in [-0.25, -0.2) is 17.7 Å². The lowest BCUT2D eigenvalue weighted by Gasteiger charge is -2.26. The Morgan fingerprint density at radius 1 is 1.07 bits per heavy atom. The van der Waals surface area contributed by atoms with E-state index in [0.717, 1.165) is 23.4 Å². The molecule has 246 valence electrons. The number of nitrogens with one attached hydrogen (secondary N) is 3. The summed E-state index contributed by atoms with van der Waals surface area (Å²) in [5.74, 6) is 0.771. The van der Waals surface area contributed by atoms with Crippen molar-refractivity contribution in [2.24, 2.45) is 0 Å². The molecule has 3 aromatic rings. The predicted octanol–water partition coefficient (Wildman–Crippen LogP) is 4.15. The summed E-state index contributed by atoms with van der Waals surface area (Å²) in [4.78, 5) is 26.0. The zero-order chi connectivity index (χ0) is 33.4. The molecule has 1 aromatic heterocycles. The number of likely N-dealkylation sites (N-methyl/N-ethyl adjacent to an activating group) is 2. The Morgan fingerprint density at radius 2 is 1.83 bits per heavy atom. The minimum atomic E-state index is -3.76. The van der Waals surface area contributed by atoms with E-state index in [0.29, 0.717) is 54.8 Å². The summed E-state index contributed by atoms with van der Waals surface area (Å²) in [5, 5.41) is 9.38. The number of nitrogens with zero attached hydrogens (tertiary/aromatic N) is 5. The van der Waals surface area contributed by atoms with Crippen molar-refractivity contribution < 1.29 is 22.7 Å². The summed E-state index contributed by atoms with van der Waals surface area (Å²) in [5.41, 5.74) is 3.86. The fourth-order valence-electron chi connectivity index (χ4n) is 4.69. The molecule has 0 unspecified atom stereocenters. The summed E-state index contributed by atoms with van der Waals surface area (Å²) < 4.78 is 38.7. The van der Waals surface area contributed by atoms with Crippen LogP contribution in [0.25, 0.3) is 5.57 Å². The summed E-state index contributed by atoms with van der Waals surface area (Å²) in [6, 6.07) is 10.3. The van der Waals surface area contributed by atoms with Crippen LogP contribution in [0, 0.1) is 0 Å². The number of carbonyl (C=O) groups excluding carboxylic acids is 1. The largest absolute Gasteiger partial charge is 0.494 e. The van der Waals surface area contributed by atoms with Crippen LogP contribution >= 0.6 is 0 Å². The molecule has 0 radical (unpaired) electrons. The molecule has 14 heteroatoms. The highest BCUT2D eigenvalue weighted by Crippen LogP contribution is 2.39. The number of sulfonamides is 1. The Labute approximate surface area is 271 Å². The van der Waals surface area contributed by atoms with Crippen molar-refractivity contribution in [2.75, 3.05) is 89.5 Å². The van der Waals surface area contributed by atoms with Gasteiger partial charge >= 0.3 is 0 Å². The van der Waals surface area contributed by atoms with E-state index in [4.69, 9.17) is 14.5 Å². The minimum Gasteiger partial charge on any atom is -0.494 e. The van der Waals surface area contributed by atoms with Crippen LogP contribution in [0.15, 0.2) is 66.2 Å². The normalized spacial score (nSPS) is 13.3. The Kier molecular flexibility index (Phi) is 11.4. The van der Waals surface area contributed by atoms with Crippen LogP contribution in [0.4, 0.5) is 34.5 Å². The molecular weight excluding hydrogens is 608 g/mol. The fraction of sp³-hybridized carbons (Fsp3) is 0.344.